The van der Waals surface area contributed by atoms with E-state index in [1.165, 1.54) is 85.9 Å². The highest BCUT2D eigenvalue weighted by Gasteiger charge is 2.24. The average molecular weight is 686 g/mol. The van der Waals surface area contributed by atoms with Gasteiger partial charge in [0.25, 0.3) is 0 Å². The summed E-state index contributed by atoms with van der Waals surface area (Å²) >= 11 is 3.75. The number of fused-ring (bicyclic) bond motifs is 9. The monoisotopic (exact) mass is 685 g/mol. The largest absolute Gasteiger partial charge is 0.309 e. The summed E-state index contributed by atoms with van der Waals surface area (Å²) in [5, 5.41) is 2.52. The van der Waals surface area contributed by atoms with Crippen molar-refractivity contribution in [3.8, 4) is 50.2 Å². The van der Waals surface area contributed by atoms with Gasteiger partial charge in [-0.3, -0.25) is 0 Å². The van der Waals surface area contributed by atoms with Crippen molar-refractivity contribution in [1.82, 2.24) is 4.57 Å². The van der Waals surface area contributed by atoms with Gasteiger partial charge in [0.05, 0.1) is 11.0 Å². The predicted molar refractivity (Wildman–Crippen MR) is 217 cm³/mol. The molecule has 8 aromatic carbocycles. The summed E-state index contributed by atoms with van der Waals surface area (Å²) in [4.78, 5) is 5.02. The van der Waals surface area contributed by atoms with Crippen LogP contribution in [0, 0.1) is 0 Å². The molecule has 0 amide bonds. The van der Waals surface area contributed by atoms with E-state index < -0.39 is 0 Å². The molecule has 0 radical (unpaired) electrons. The smallest absolute Gasteiger partial charge is 0.0547 e. The van der Waals surface area contributed by atoms with Crippen LogP contribution in [0.1, 0.15) is 0 Å². The van der Waals surface area contributed by atoms with E-state index in [0.717, 1.165) is 5.69 Å². The van der Waals surface area contributed by atoms with Crippen LogP contribution in [-0.2, 0) is 0 Å². The van der Waals surface area contributed by atoms with Crippen molar-refractivity contribution in [2.24, 2.45) is 0 Å². The second kappa shape index (κ2) is 12.5. The molecule has 1 aromatic heterocycles. The van der Waals surface area contributed by atoms with Gasteiger partial charge < -0.3 is 4.57 Å². The maximum Gasteiger partial charge on any atom is 0.0547 e. The third kappa shape index (κ3) is 5.12. The Kier molecular flexibility index (Phi) is 7.41. The molecule has 9 aromatic rings. The molecule has 51 heavy (non-hydrogen) atoms. The Hall–Kier alpha value is -5.74. The zero-order chi connectivity index (χ0) is 33.7. The molecule has 1 nitrogen and oxygen atoms in total. The summed E-state index contributed by atoms with van der Waals surface area (Å²) < 4.78 is 2.41. The number of hydrogen-bond donors (Lipinski definition) is 0. The number of nitrogens with zero attached hydrogens (tertiary/aromatic N) is 1. The summed E-state index contributed by atoms with van der Waals surface area (Å²) in [5.74, 6) is 0. The number of para-hydroxylation sites is 2. The lowest BCUT2D eigenvalue weighted by atomic mass is 9.92. The minimum Gasteiger partial charge on any atom is -0.309 e. The van der Waals surface area contributed by atoms with Crippen LogP contribution in [0.4, 0.5) is 0 Å². The van der Waals surface area contributed by atoms with Crippen LogP contribution >= 0.6 is 23.5 Å². The Labute approximate surface area is 306 Å². The molecule has 0 spiro atoms. The predicted octanol–water partition coefficient (Wildman–Crippen LogP) is 14.1. The van der Waals surface area contributed by atoms with Gasteiger partial charge in [0.2, 0.25) is 0 Å². The normalized spacial score (nSPS) is 12.2. The highest BCUT2D eigenvalue weighted by atomic mass is 32.2. The Morgan fingerprint density at radius 2 is 0.902 bits per heavy atom. The fourth-order valence-electron chi connectivity index (χ4n) is 7.60. The second-order valence-corrected chi connectivity index (χ2v) is 15.0. The van der Waals surface area contributed by atoms with Crippen LogP contribution in [0.15, 0.2) is 208 Å². The average Bonchev–Trinajstić information content (AvgIpc) is 3.53. The van der Waals surface area contributed by atoms with Crippen molar-refractivity contribution < 1.29 is 0 Å². The molecule has 10 rings (SSSR count). The molecule has 0 aliphatic carbocycles. The van der Waals surface area contributed by atoms with Crippen molar-refractivity contribution in [2.75, 3.05) is 0 Å². The second-order valence-electron chi connectivity index (χ2n) is 12.8. The van der Waals surface area contributed by atoms with Crippen molar-refractivity contribution in [3.05, 3.63) is 188 Å². The molecule has 240 valence electrons. The third-order valence-corrected chi connectivity index (χ3v) is 12.2. The molecular weight excluding hydrogens is 655 g/mol. The molecule has 2 heterocycles. The lowest BCUT2D eigenvalue weighted by molar-refractivity contribution is 1.18. The van der Waals surface area contributed by atoms with Gasteiger partial charge in [-0.25, -0.2) is 0 Å². The first-order valence-corrected chi connectivity index (χ1v) is 18.9. The summed E-state index contributed by atoms with van der Waals surface area (Å²) in [6.45, 7) is 0. The van der Waals surface area contributed by atoms with Crippen molar-refractivity contribution in [1.29, 1.82) is 0 Å². The van der Waals surface area contributed by atoms with E-state index in [1.807, 2.05) is 23.5 Å². The first-order valence-electron chi connectivity index (χ1n) is 17.3. The standard InChI is InChI=1S/C48H31NS2/c1-3-15-32(16-4-1)35-22-14-28-46-47(35)41-24-13-23-36(48(41)51-45-27-12-9-21-40(45)39-20-8-11-26-44(39)50-46)33-29-30-38-37-19-7-10-25-42(37)49(43(38)31-33)34-17-5-2-6-18-34/h1-31H. The summed E-state index contributed by atoms with van der Waals surface area (Å²) in [6, 6.07) is 68.8. The van der Waals surface area contributed by atoms with Gasteiger partial charge >= 0.3 is 0 Å². The van der Waals surface area contributed by atoms with Gasteiger partial charge in [-0.05, 0) is 81.4 Å². The Balaban J connectivity index is 1.28. The molecule has 3 heteroatoms. The molecular formula is C48H31NS2. The Morgan fingerprint density at radius 3 is 1.71 bits per heavy atom. The zero-order valence-electron chi connectivity index (χ0n) is 27.7. The van der Waals surface area contributed by atoms with Gasteiger partial charge in [-0.1, -0.05) is 169 Å². The maximum absolute atomic E-state index is 2.41. The third-order valence-electron chi connectivity index (χ3n) is 9.89. The Bertz CT molecular complexity index is 2740. The fourth-order valence-corrected chi connectivity index (χ4v) is 9.97. The lowest BCUT2D eigenvalue weighted by Gasteiger charge is -2.23. The van der Waals surface area contributed by atoms with E-state index in [9.17, 15) is 0 Å². The molecule has 0 fully saturated rings. The minimum atomic E-state index is 1.16. The Morgan fingerprint density at radius 1 is 0.333 bits per heavy atom. The lowest BCUT2D eigenvalue weighted by Crippen LogP contribution is -1.96. The first-order chi connectivity index (χ1) is 25.3. The van der Waals surface area contributed by atoms with Gasteiger partial charge in [0.15, 0.2) is 0 Å². The molecule has 0 atom stereocenters. The van der Waals surface area contributed by atoms with Crippen LogP contribution in [0.2, 0.25) is 0 Å². The van der Waals surface area contributed by atoms with E-state index in [1.54, 1.807) is 0 Å². The number of rotatable bonds is 3. The quantitative estimate of drug-likeness (QED) is 0.182. The fraction of sp³-hybridized carbons (Fsp3) is 0. The van der Waals surface area contributed by atoms with Gasteiger partial charge in [0, 0.05) is 41.6 Å². The number of hydrogen-bond acceptors (Lipinski definition) is 2. The molecule has 0 saturated carbocycles. The zero-order valence-corrected chi connectivity index (χ0v) is 29.3. The highest BCUT2D eigenvalue weighted by molar-refractivity contribution is 8.00. The van der Waals surface area contributed by atoms with Gasteiger partial charge in [0.1, 0.15) is 0 Å². The summed E-state index contributed by atoms with van der Waals surface area (Å²) in [6.07, 6.45) is 0. The molecule has 1 aliphatic rings. The van der Waals surface area contributed by atoms with Gasteiger partial charge in [-0.15, -0.1) is 0 Å². The molecule has 0 bridgehead atoms. The summed E-state index contributed by atoms with van der Waals surface area (Å²) in [7, 11) is 0. The first kappa shape index (κ1) is 30.1. The van der Waals surface area contributed by atoms with Crippen molar-refractivity contribution in [3.63, 3.8) is 0 Å². The van der Waals surface area contributed by atoms with E-state index in [-0.39, 0.29) is 0 Å². The van der Waals surface area contributed by atoms with Crippen LogP contribution < -0.4 is 0 Å². The topological polar surface area (TPSA) is 4.93 Å². The van der Waals surface area contributed by atoms with Crippen molar-refractivity contribution >= 4 is 45.3 Å². The van der Waals surface area contributed by atoms with Crippen LogP contribution in [0.5, 0.6) is 0 Å². The van der Waals surface area contributed by atoms with Crippen LogP contribution in [0.3, 0.4) is 0 Å². The van der Waals surface area contributed by atoms with E-state index in [4.69, 9.17) is 0 Å². The van der Waals surface area contributed by atoms with Crippen molar-refractivity contribution in [2.45, 2.75) is 19.6 Å². The molecule has 0 N–H and O–H groups in total. The number of aromatic nitrogens is 1. The van der Waals surface area contributed by atoms with E-state index in [2.05, 4.69) is 193 Å². The van der Waals surface area contributed by atoms with Gasteiger partial charge in [-0.2, -0.15) is 0 Å². The van der Waals surface area contributed by atoms with E-state index >= 15 is 0 Å². The maximum atomic E-state index is 2.41. The molecule has 1 aliphatic heterocycles. The SMILES string of the molecule is c1ccc(-c2cccc3c2-c2cccc(-c4ccc5c6ccccc6n(-c6ccccc6)c5c4)c2Sc2ccccc2-c2ccccc2S3)cc1. The molecule has 0 saturated heterocycles. The van der Waals surface area contributed by atoms with Crippen LogP contribution in [0.25, 0.3) is 72.0 Å². The highest BCUT2D eigenvalue weighted by Crippen LogP contribution is 2.53. The minimum absolute atomic E-state index is 1.16. The van der Waals surface area contributed by atoms with Crippen LogP contribution in [-0.4, -0.2) is 4.57 Å². The van der Waals surface area contributed by atoms with E-state index in [0.29, 0.717) is 0 Å². The number of benzene rings is 8. The summed E-state index contributed by atoms with van der Waals surface area (Å²) in [5.41, 5.74) is 13.5. The molecule has 0 unspecified atom stereocenters.